The minimum atomic E-state index is -7.22. The Morgan fingerprint density at radius 1 is 0.426 bits per heavy atom. The summed E-state index contributed by atoms with van der Waals surface area (Å²) in [7, 11) is 0. The first-order valence-corrected chi connectivity index (χ1v) is 18.7. The first-order chi connectivity index (χ1) is 31.8. The van der Waals surface area contributed by atoms with Crippen molar-refractivity contribution in [3.8, 4) is 5.75 Å². The number of benzene rings is 6. The van der Waals surface area contributed by atoms with Gasteiger partial charge in [-0.3, -0.25) is 4.79 Å². The van der Waals surface area contributed by atoms with E-state index in [1.807, 2.05) is 79.3 Å². The smallest absolute Gasteiger partial charge is 0.227 e. The van der Waals surface area contributed by atoms with Crippen molar-refractivity contribution in [2.45, 2.75) is 26.5 Å². The molecule has 1 heterocycles. The van der Waals surface area contributed by atoms with Gasteiger partial charge in [-0.15, -0.1) is 21.9 Å². The van der Waals surface area contributed by atoms with Crippen molar-refractivity contribution in [3.63, 3.8) is 0 Å². The Kier molecular flexibility index (Phi) is 13.9. The molecule has 0 atom stereocenters. The number of carbonyl (C=O) groups is 1. The fraction of sp³-hybridized carbons (Fsp3) is 0.0909. The number of halogens is 20. The third kappa shape index (κ3) is 8.22. The van der Waals surface area contributed by atoms with Gasteiger partial charge in [-0.25, -0.2) is 87.8 Å². The third-order valence-electron chi connectivity index (χ3n) is 10.3. The van der Waals surface area contributed by atoms with E-state index in [1.165, 1.54) is 5.39 Å². The molecule has 0 amide bonds. The van der Waals surface area contributed by atoms with Crippen LogP contribution in [0.2, 0.25) is 0 Å². The maximum absolute atomic E-state index is 15.4. The van der Waals surface area contributed by atoms with E-state index in [4.69, 9.17) is 4.74 Å². The van der Waals surface area contributed by atoms with Crippen LogP contribution in [0.3, 0.4) is 0 Å². The fourth-order valence-corrected chi connectivity index (χ4v) is 7.40. The molecule has 356 valence electrons. The summed E-state index contributed by atoms with van der Waals surface area (Å²) in [6, 6.07) is 17.5. The molecule has 0 fully saturated rings. The normalized spacial score (nSPS) is 11.6. The lowest BCUT2D eigenvalue weighted by molar-refractivity contribution is -0.681. The Hall–Kier alpha value is -7.14. The van der Waals surface area contributed by atoms with Crippen LogP contribution in [0.1, 0.15) is 24.2 Å². The van der Waals surface area contributed by atoms with Crippen LogP contribution >= 0.6 is 0 Å². The molecule has 1 aromatic heterocycles. The minimum absolute atomic E-state index is 0.0846. The van der Waals surface area contributed by atoms with Gasteiger partial charge in [-0.1, -0.05) is 18.2 Å². The molecule has 0 saturated heterocycles. The number of Topliss-reactive ketones (excluding diaryl/α,β-unsaturated/α-hetero) is 1. The monoisotopic (exact) mass is 985 g/mol. The molecule has 0 aliphatic rings. The van der Waals surface area contributed by atoms with Gasteiger partial charge in [-0.05, 0) is 49.6 Å². The summed E-state index contributed by atoms with van der Waals surface area (Å²) < 4.78 is 301. The number of ketones is 1. The van der Waals surface area contributed by atoms with Crippen LogP contribution in [0.5, 0.6) is 5.75 Å². The van der Waals surface area contributed by atoms with Crippen LogP contribution < -0.4 is 31.2 Å². The second kappa shape index (κ2) is 18.9. The minimum Gasteiger partial charge on any atom is -0.491 e. The van der Waals surface area contributed by atoms with Crippen LogP contribution in [0.4, 0.5) is 87.8 Å². The van der Waals surface area contributed by atoms with Crippen LogP contribution in [-0.2, 0) is 6.54 Å². The third-order valence-corrected chi connectivity index (χ3v) is 10.3. The van der Waals surface area contributed by atoms with Crippen molar-refractivity contribution in [3.05, 3.63) is 189 Å². The Bertz CT molecular complexity index is 2800. The van der Waals surface area contributed by atoms with E-state index in [1.54, 1.807) is 0 Å². The molecule has 7 rings (SSSR count). The van der Waals surface area contributed by atoms with Crippen molar-refractivity contribution < 1.29 is 102 Å². The predicted octanol–water partition coefficient (Wildman–Crippen LogP) is 9.64. The average molecular weight is 985 g/mol. The van der Waals surface area contributed by atoms with Gasteiger partial charge in [0.25, 0.3) is 0 Å². The highest BCUT2D eigenvalue weighted by Crippen LogP contribution is 2.31. The van der Waals surface area contributed by atoms with Gasteiger partial charge in [0, 0.05) is 17.0 Å². The second-order valence-corrected chi connectivity index (χ2v) is 14.7. The number of carbonyl (C=O) groups excluding carboxylic acids is 1. The quantitative estimate of drug-likeness (QED) is 0.0361. The van der Waals surface area contributed by atoms with E-state index < -0.39 is 144 Å². The summed E-state index contributed by atoms with van der Waals surface area (Å²) >= 11 is 0. The van der Waals surface area contributed by atoms with Crippen molar-refractivity contribution in [1.29, 1.82) is 0 Å². The van der Waals surface area contributed by atoms with Gasteiger partial charge < -0.3 is 4.74 Å². The zero-order valence-corrected chi connectivity index (χ0v) is 33.5. The van der Waals surface area contributed by atoms with E-state index in [9.17, 15) is 57.5 Å². The lowest BCUT2D eigenvalue weighted by Gasteiger charge is -2.44. The van der Waals surface area contributed by atoms with Gasteiger partial charge >= 0.3 is 0 Å². The second-order valence-electron chi connectivity index (χ2n) is 14.7. The van der Waals surface area contributed by atoms with Crippen LogP contribution in [0.25, 0.3) is 10.8 Å². The van der Waals surface area contributed by atoms with E-state index in [0.717, 1.165) is 11.1 Å². The number of ether oxygens (including phenoxy) is 1. The highest BCUT2D eigenvalue weighted by molar-refractivity contribution is 7.20. The molecule has 0 saturated carbocycles. The highest BCUT2D eigenvalue weighted by atomic mass is 19.2. The van der Waals surface area contributed by atoms with Gasteiger partial charge in [0.2, 0.25) is 12.3 Å². The summed E-state index contributed by atoms with van der Waals surface area (Å²) in [4.78, 5) is 12.4. The van der Waals surface area contributed by atoms with Gasteiger partial charge in [-0.2, -0.15) is 4.57 Å². The number of hydrogen-bond acceptors (Lipinski definition) is 2. The molecule has 3 nitrogen and oxygen atoms in total. The molecule has 0 N–H and O–H groups in total. The van der Waals surface area contributed by atoms with E-state index >= 15 is 35.1 Å². The summed E-state index contributed by atoms with van der Waals surface area (Å²) in [6.07, 6.45) is -3.14. The van der Waals surface area contributed by atoms with Crippen molar-refractivity contribution >= 4 is 44.6 Å². The fourth-order valence-electron chi connectivity index (χ4n) is 7.40. The molecule has 0 radical (unpaired) electrons. The Balaban J connectivity index is 0.000000276. The van der Waals surface area contributed by atoms with Crippen LogP contribution in [-0.4, -0.2) is 18.0 Å². The SMILES string of the molecule is CC(C)Oc1ccc(C(=O)C[n+]2ccc3ccccc3c2)cc1.Fc1c(F)c(F)c([B-](c2c(F)c(F)c(F)c(F)c2F)(c2c(F)c(F)c(F)c(F)c2F)c2c(F)c(F)c(F)c(F)c2F)c(F)c1F. The zero-order valence-electron chi connectivity index (χ0n) is 33.5. The Morgan fingerprint density at radius 3 is 1.03 bits per heavy atom. The number of pyridine rings is 1. The summed E-state index contributed by atoms with van der Waals surface area (Å²) in [5.74, 6) is -70.5. The first-order valence-electron chi connectivity index (χ1n) is 18.7. The molecule has 0 unspecified atom stereocenters. The van der Waals surface area contributed by atoms with Gasteiger partial charge in [0.1, 0.15) is 58.4 Å². The standard InChI is InChI=1S/C24BF20.C20H20NO2/c26-5-1(6(27)14(35)21(42)13(5)34)25(2-7(28)15(36)22(43)16(37)8(2)29,3-9(30)17(38)23(44)18(39)10(3)31)4-11(32)19(40)24(45)20(41)12(4)33;1-15(2)23-19-9-7-17(8-10-19)20(22)14-21-12-11-16-5-3-4-6-18(16)13-21/h;3-13,15H,14H2,1-2H3/q-1;+1. The summed E-state index contributed by atoms with van der Waals surface area (Å²) in [5, 5.41) is 2.30. The molecule has 68 heavy (non-hydrogen) atoms. The van der Waals surface area contributed by atoms with E-state index in [2.05, 4.69) is 6.07 Å². The molecular formula is C44H20BF20NO2. The first kappa shape index (κ1) is 50.3. The maximum atomic E-state index is 15.4. The summed E-state index contributed by atoms with van der Waals surface area (Å²) in [6.45, 7) is 4.29. The lowest BCUT2D eigenvalue weighted by Crippen LogP contribution is -2.81. The number of aromatic nitrogens is 1. The van der Waals surface area contributed by atoms with E-state index in [0.29, 0.717) is 12.1 Å². The molecule has 0 spiro atoms. The number of fused-ring (bicyclic) bond motifs is 1. The van der Waals surface area contributed by atoms with Crippen molar-refractivity contribution in [1.82, 2.24) is 0 Å². The van der Waals surface area contributed by atoms with Crippen molar-refractivity contribution in [2.24, 2.45) is 0 Å². The van der Waals surface area contributed by atoms with Crippen LogP contribution in [0.15, 0.2) is 67.0 Å². The Morgan fingerprint density at radius 2 is 0.721 bits per heavy atom. The largest absolute Gasteiger partial charge is 0.491 e. The molecule has 0 bridgehead atoms. The summed E-state index contributed by atoms with van der Waals surface area (Å²) in [5.41, 5.74) is -13.6. The maximum Gasteiger partial charge on any atom is 0.227 e. The number of hydrogen-bond donors (Lipinski definition) is 0. The number of rotatable bonds is 9. The average Bonchev–Trinajstić information content (AvgIpc) is 3.31. The van der Waals surface area contributed by atoms with Crippen molar-refractivity contribution in [2.75, 3.05) is 0 Å². The lowest BCUT2D eigenvalue weighted by atomic mass is 9.12. The molecular weight excluding hydrogens is 965 g/mol. The Labute approximate surface area is 367 Å². The number of nitrogens with zero attached hydrogens (tertiary/aromatic N) is 1. The topological polar surface area (TPSA) is 30.2 Å². The zero-order chi connectivity index (χ0) is 50.6. The molecule has 6 aromatic carbocycles. The molecule has 0 aliphatic heterocycles. The van der Waals surface area contributed by atoms with Crippen LogP contribution in [0, 0.1) is 116 Å². The van der Waals surface area contributed by atoms with E-state index in [-0.39, 0.29) is 11.9 Å². The predicted molar refractivity (Wildman–Crippen MR) is 200 cm³/mol. The van der Waals surface area contributed by atoms with Gasteiger partial charge in [0.15, 0.2) is 82.2 Å². The highest BCUT2D eigenvalue weighted by Gasteiger charge is 2.52. The molecule has 7 aromatic rings. The molecule has 0 aliphatic carbocycles. The molecule has 24 heteroatoms. The van der Waals surface area contributed by atoms with Gasteiger partial charge in [0.05, 0.1) is 6.10 Å².